The summed E-state index contributed by atoms with van der Waals surface area (Å²) in [5, 5.41) is -4.35. The average molecular weight is 919 g/mol. The quantitative estimate of drug-likeness (QED) is 0.0469. The molecular weight excluding hydrogens is 909 g/mol. The lowest BCUT2D eigenvalue weighted by Crippen LogP contribution is -2.29. The van der Waals surface area contributed by atoms with Gasteiger partial charge in [-0.15, -0.1) is 0 Å². The zero-order valence-corrected chi connectivity index (χ0v) is 30.1. The van der Waals surface area contributed by atoms with Crippen LogP contribution in [0.25, 0.3) is 64.6 Å². The molecule has 0 fully saturated rings. The zero-order valence-electron chi connectivity index (χ0n) is 26.8. The summed E-state index contributed by atoms with van der Waals surface area (Å²) in [6, 6.07) is 7.89. The van der Waals surface area contributed by atoms with Gasteiger partial charge in [-0.3, -0.25) is 0 Å². The van der Waals surface area contributed by atoms with Gasteiger partial charge in [0.25, 0.3) is 0 Å². The second kappa shape index (κ2) is 12.2. The summed E-state index contributed by atoms with van der Waals surface area (Å²) in [7, 11) is -26.5. The minimum Gasteiger partial charge on any atom is -0.375 e. The number of alkyl halides is 12. The van der Waals surface area contributed by atoms with E-state index in [2.05, 4.69) is 16.7 Å². The first-order valence-electron chi connectivity index (χ1n) is 14.7. The van der Waals surface area contributed by atoms with Crippen LogP contribution in [0.2, 0.25) is 0 Å². The molecule has 0 spiro atoms. The van der Waals surface area contributed by atoms with Gasteiger partial charge in [-0.25, -0.2) is 0 Å². The molecular formula is C30H10F12O12S4. The van der Waals surface area contributed by atoms with E-state index in [-0.39, 0.29) is 44.5 Å². The average Bonchev–Trinajstić information content (AvgIpc) is 3.06. The van der Waals surface area contributed by atoms with Crippen LogP contribution >= 0.6 is 0 Å². The Morgan fingerprint density at radius 3 is 0.621 bits per heavy atom. The third kappa shape index (κ3) is 6.17. The molecule has 0 aliphatic heterocycles. The largest absolute Gasteiger partial charge is 0.534 e. The van der Waals surface area contributed by atoms with Crippen molar-refractivity contribution in [3.63, 3.8) is 0 Å². The van der Waals surface area contributed by atoms with Gasteiger partial charge in [0.05, 0.1) is 0 Å². The van der Waals surface area contributed by atoms with Crippen molar-refractivity contribution in [2.24, 2.45) is 0 Å². The first kappa shape index (κ1) is 41.0. The zero-order chi connectivity index (χ0) is 43.1. The van der Waals surface area contributed by atoms with Gasteiger partial charge >= 0.3 is 62.5 Å². The van der Waals surface area contributed by atoms with Crippen molar-refractivity contribution in [3.8, 4) is 23.0 Å². The Morgan fingerprint density at radius 2 is 0.448 bits per heavy atom. The van der Waals surface area contributed by atoms with Crippen LogP contribution in [0.1, 0.15) is 0 Å². The van der Waals surface area contributed by atoms with Crippen LogP contribution in [0.5, 0.6) is 23.0 Å². The standard InChI is InChI=1S/C30H10F12O12S4/c31-27(32,33)55(43,44)51-19-9-20(52-56(45,46)28(34,35)36)16-7-3-13-14-4-8-18-22(54-58(49,50)30(40,41)42)10-21(53-57(47,48)29(37,38)39)17-6-2-12(24(14)26(17)18)11-1-5-15(19)25(16)23(11)13/h1-10H. The highest BCUT2D eigenvalue weighted by atomic mass is 32.2. The van der Waals surface area contributed by atoms with E-state index < -0.39 is 118 Å². The molecule has 0 aliphatic rings. The van der Waals surface area contributed by atoms with Gasteiger partial charge in [-0.1, -0.05) is 24.3 Å². The summed E-state index contributed by atoms with van der Waals surface area (Å²) in [5.74, 6) is -5.57. The van der Waals surface area contributed by atoms with Gasteiger partial charge in [-0.05, 0) is 56.6 Å². The lowest BCUT2D eigenvalue weighted by molar-refractivity contribution is -0.0506. The van der Waals surface area contributed by atoms with E-state index in [1.54, 1.807) is 0 Å². The molecule has 7 aromatic rings. The maximum absolute atomic E-state index is 13.4. The van der Waals surface area contributed by atoms with Crippen LogP contribution in [-0.4, -0.2) is 55.7 Å². The van der Waals surface area contributed by atoms with E-state index in [4.69, 9.17) is 0 Å². The minimum atomic E-state index is -6.61. The highest BCUT2D eigenvalue weighted by molar-refractivity contribution is 7.88. The number of hydrogen-bond donors (Lipinski definition) is 0. The van der Waals surface area contributed by atoms with Crippen molar-refractivity contribution in [2.45, 2.75) is 22.0 Å². The predicted octanol–water partition coefficient (Wildman–Crippen LogP) is 8.39. The summed E-state index contributed by atoms with van der Waals surface area (Å²) in [4.78, 5) is 0. The van der Waals surface area contributed by atoms with Crippen LogP contribution < -0.4 is 16.7 Å². The number of fused-ring (bicyclic) bond motifs is 2. The van der Waals surface area contributed by atoms with Crippen LogP contribution in [0.15, 0.2) is 60.7 Å². The Balaban J connectivity index is 1.64. The van der Waals surface area contributed by atoms with Crippen LogP contribution in [0.3, 0.4) is 0 Å². The topological polar surface area (TPSA) is 173 Å². The van der Waals surface area contributed by atoms with Crippen molar-refractivity contribution in [2.75, 3.05) is 0 Å². The van der Waals surface area contributed by atoms with Gasteiger partial charge < -0.3 is 16.7 Å². The number of benzene rings is 7. The Labute approximate surface area is 313 Å². The van der Waals surface area contributed by atoms with Crippen molar-refractivity contribution in [1.29, 1.82) is 0 Å². The van der Waals surface area contributed by atoms with E-state index >= 15 is 0 Å². The molecule has 28 heteroatoms. The molecule has 0 saturated carbocycles. The molecule has 12 nitrogen and oxygen atoms in total. The first-order chi connectivity index (χ1) is 26.3. The first-order valence-corrected chi connectivity index (χ1v) is 20.3. The normalized spacial score (nSPS) is 14.4. The van der Waals surface area contributed by atoms with Gasteiger partial charge in [0.1, 0.15) is 0 Å². The molecule has 0 N–H and O–H groups in total. The molecule has 0 aliphatic carbocycles. The van der Waals surface area contributed by atoms with Crippen molar-refractivity contribution >= 4 is 105 Å². The third-order valence-electron chi connectivity index (χ3n) is 8.42. The van der Waals surface area contributed by atoms with E-state index in [0.29, 0.717) is 0 Å². The van der Waals surface area contributed by atoms with Gasteiger partial charge in [0, 0.05) is 44.5 Å². The molecule has 7 rings (SSSR count). The fourth-order valence-electron chi connectivity index (χ4n) is 6.20. The second-order valence-electron chi connectivity index (χ2n) is 11.8. The van der Waals surface area contributed by atoms with Crippen LogP contribution in [0, 0.1) is 0 Å². The Bertz CT molecular complexity index is 2910. The molecule has 0 atom stereocenters. The Hall–Kier alpha value is -5.22. The maximum Gasteiger partial charge on any atom is 0.534 e. The summed E-state index contributed by atoms with van der Waals surface area (Å²) in [5.41, 5.74) is -24.5. The lowest BCUT2D eigenvalue weighted by atomic mass is 9.85. The van der Waals surface area contributed by atoms with E-state index in [1.807, 2.05) is 0 Å². The molecule has 0 bridgehead atoms. The maximum atomic E-state index is 13.4. The molecule has 0 amide bonds. The molecule has 310 valence electrons. The van der Waals surface area contributed by atoms with E-state index in [1.165, 1.54) is 0 Å². The third-order valence-corrected chi connectivity index (χ3v) is 12.3. The Kier molecular flexibility index (Phi) is 8.59. The number of halogens is 12. The SMILES string of the molecule is O=S(=O)(Oc1cc(OS(=O)(=O)C(F)(F)F)c2ccc3c4ccc5c(OS(=O)(=O)C(F)(F)F)cc(OS(=O)(=O)C(F)(F)F)c6ccc(c7ccc1c2c73)c4c65)C(F)(F)F. The fourth-order valence-corrected chi connectivity index (χ4v) is 8.07. The van der Waals surface area contributed by atoms with E-state index in [0.717, 1.165) is 48.5 Å². The molecule has 0 saturated heterocycles. The summed E-state index contributed by atoms with van der Waals surface area (Å²) >= 11 is 0. The summed E-state index contributed by atoms with van der Waals surface area (Å²) in [6.45, 7) is 0. The fraction of sp³-hybridized carbons (Fsp3) is 0.133. The minimum absolute atomic E-state index is 0.128. The van der Waals surface area contributed by atoms with E-state index in [9.17, 15) is 86.4 Å². The Morgan fingerprint density at radius 1 is 0.293 bits per heavy atom. The number of rotatable bonds is 8. The highest BCUT2D eigenvalue weighted by Gasteiger charge is 2.52. The number of hydrogen-bond acceptors (Lipinski definition) is 12. The summed E-state index contributed by atoms with van der Waals surface area (Å²) in [6.07, 6.45) is 0. The molecule has 0 aromatic heterocycles. The predicted molar refractivity (Wildman–Crippen MR) is 176 cm³/mol. The van der Waals surface area contributed by atoms with Gasteiger partial charge in [0.2, 0.25) is 0 Å². The van der Waals surface area contributed by atoms with Crippen LogP contribution in [0.4, 0.5) is 52.7 Å². The summed E-state index contributed by atoms with van der Waals surface area (Å²) < 4.78 is 274. The van der Waals surface area contributed by atoms with Crippen molar-refractivity contribution in [1.82, 2.24) is 0 Å². The smallest absolute Gasteiger partial charge is 0.375 e. The highest BCUT2D eigenvalue weighted by Crippen LogP contribution is 2.52. The molecule has 0 heterocycles. The molecule has 0 unspecified atom stereocenters. The molecule has 58 heavy (non-hydrogen) atoms. The lowest BCUT2D eigenvalue weighted by Gasteiger charge is -2.22. The van der Waals surface area contributed by atoms with Gasteiger partial charge in [-0.2, -0.15) is 86.4 Å². The van der Waals surface area contributed by atoms with Crippen molar-refractivity contribution < 1.29 is 103 Å². The second-order valence-corrected chi connectivity index (χ2v) is 18.0. The van der Waals surface area contributed by atoms with Crippen LogP contribution in [-0.2, 0) is 40.5 Å². The monoisotopic (exact) mass is 918 g/mol. The van der Waals surface area contributed by atoms with Gasteiger partial charge in [0.15, 0.2) is 23.0 Å². The van der Waals surface area contributed by atoms with Crippen molar-refractivity contribution in [3.05, 3.63) is 60.7 Å². The molecule has 0 radical (unpaired) electrons. The molecule has 7 aromatic carbocycles.